The Morgan fingerprint density at radius 2 is 1.37 bits per heavy atom. The molecule has 2 aliphatic carbocycles. The van der Waals surface area contributed by atoms with Gasteiger partial charge in [0.2, 0.25) is 11.8 Å². The number of benzene rings is 2. The monoisotopic (exact) mass is 518 g/mol. The molecule has 2 aromatic rings. The summed E-state index contributed by atoms with van der Waals surface area (Å²) in [6.45, 7) is 3.70. The van der Waals surface area contributed by atoms with Crippen LogP contribution in [0.2, 0.25) is 0 Å². The molecular weight excluding hydrogens is 488 g/mol. The fraction of sp³-hybridized carbons (Fsp3) is 0.414. The Kier molecular flexibility index (Phi) is 7.01. The molecule has 1 aliphatic heterocycles. The zero-order valence-corrected chi connectivity index (χ0v) is 21.3. The second-order valence-corrected chi connectivity index (χ2v) is 10.6. The minimum Gasteiger partial charge on any atom is -0.462 e. The summed E-state index contributed by atoms with van der Waals surface area (Å²) < 4.78 is 10.3. The SMILES string of the molecule is CC(C)COC(=O)c1ccc(NC(=O)COC(=O)c2ccc(N3C(=O)[C@@H]4[C@H]5CC[C@@H](C5)[C@@H]4C3=O)cc2)cc1. The summed E-state index contributed by atoms with van der Waals surface area (Å²) in [7, 11) is 0. The number of anilines is 2. The van der Waals surface area contributed by atoms with E-state index in [0.29, 0.717) is 35.4 Å². The Morgan fingerprint density at radius 3 is 1.92 bits per heavy atom. The van der Waals surface area contributed by atoms with E-state index in [-0.39, 0.29) is 35.1 Å². The molecule has 4 atom stereocenters. The predicted octanol–water partition coefficient (Wildman–Crippen LogP) is 3.83. The Balaban J connectivity index is 1.12. The summed E-state index contributed by atoms with van der Waals surface area (Å²) in [6.07, 6.45) is 2.99. The number of nitrogens with one attached hydrogen (secondary N) is 1. The van der Waals surface area contributed by atoms with Crippen LogP contribution in [0.3, 0.4) is 0 Å². The first-order valence-corrected chi connectivity index (χ1v) is 12.9. The third kappa shape index (κ3) is 4.92. The molecule has 2 bridgehead atoms. The zero-order chi connectivity index (χ0) is 27.0. The van der Waals surface area contributed by atoms with Gasteiger partial charge in [-0.15, -0.1) is 0 Å². The Labute approximate surface area is 220 Å². The lowest BCUT2D eigenvalue weighted by molar-refractivity contribution is -0.123. The molecule has 1 saturated heterocycles. The topological polar surface area (TPSA) is 119 Å². The first-order chi connectivity index (χ1) is 18.2. The van der Waals surface area contributed by atoms with Gasteiger partial charge in [0.1, 0.15) is 0 Å². The van der Waals surface area contributed by atoms with Gasteiger partial charge in [0.05, 0.1) is 35.3 Å². The summed E-state index contributed by atoms with van der Waals surface area (Å²) >= 11 is 0. The lowest BCUT2D eigenvalue weighted by atomic mass is 9.81. The first kappa shape index (κ1) is 25.6. The lowest BCUT2D eigenvalue weighted by Crippen LogP contribution is -2.32. The van der Waals surface area contributed by atoms with Gasteiger partial charge < -0.3 is 14.8 Å². The van der Waals surface area contributed by atoms with Crippen molar-refractivity contribution >= 4 is 41.0 Å². The van der Waals surface area contributed by atoms with E-state index < -0.39 is 24.5 Å². The van der Waals surface area contributed by atoms with E-state index in [0.717, 1.165) is 19.3 Å². The van der Waals surface area contributed by atoms with Crippen molar-refractivity contribution in [1.82, 2.24) is 0 Å². The summed E-state index contributed by atoms with van der Waals surface area (Å²) in [6, 6.07) is 12.3. The van der Waals surface area contributed by atoms with Gasteiger partial charge >= 0.3 is 11.9 Å². The number of imide groups is 1. The number of ether oxygens (including phenoxy) is 2. The highest BCUT2D eigenvalue weighted by molar-refractivity contribution is 6.22. The molecular formula is C29H30N2O7. The fourth-order valence-electron chi connectivity index (χ4n) is 5.84. The molecule has 9 nitrogen and oxygen atoms in total. The standard InChI is InChI=1S/C29H30N2O7/c1-16(2)14-37-28(35)17-5-9-21(10-6-17)30-23(32)15-38-29(36)18-7-11-22(12-8-18)31-26(33)24-19-3-4-20(13-19)25(24)27(31)34/h5-12,16,19-20,24-25H,3-4,13-15H2,1-2H3,(H,30,32)/t19-,20-,24-,25+/m0/s1. The Hall–Kier alpha value is -4.01. The van der Waals surface area contributed by atoms with Crippen LogP contribution >= 0.6 is 0 Å². The highest BCUT2D eigenvalue weighted by atomic mass is 16.5. The van der Waals surface area contributed by atoms with E-state index in [1.807, 2.05) is 13.8 Å². The maximum atomic E-state index is 13.0. The van der Waals surface area contributed by atoms with Crippen molar-refractivity contribution in [1.29, 1.82) is 0 Å². The Morgan fingerprint density at radius 1 is 0.842 bits per heavy atom. The smallest absolute Gasteiger partial charge is 0.338 e. The van der Waals surface area contributed by atoms with Crippen LogP contribution in [0.25, 0.3) is 0 Å². The van der Waals surface area contributed by atoms with Crippen molar-refractivity contribution in [2.75, 3.05) is 23.4 Å². The molecule has 0 unspecified atom stereocenters. The van der Waals surface area contributed by atoms with Gasteiger partial charge in [-0.1, -0.05) is 13.8 Å². The van der Waals surface area contributed by atoms with E-state index in [4.69, 9.17) is 9.47 Å². The van der Waals surface area contributed by atoms with E-state index in [1.54, 1.807) is 36.4 Å². The number of hydrogen-bond donors (Lipinski definition) is 1. The van der Waals surface area contributed by atoms with Crippen LogP contribution in [0, 0.1) is 29.6 Å². The average molecular weight is 519 g/mol. The molecule has 3 fully saturated rings. The molecule has 38 heavy (non-hydrogen) atoms. The van der Waals surface area contributed by atoms with Crippen molar-refractivity contribution in [2.24, 2.45) is 29.6 Å². The maximum Gasteiger partial charge on any atom is 0.338 e. The number of fused-ring (bicyclic) bond motifs is 5. The molecule has 0 spiro atoms. The summed E-state index contributed by atoms with van der Waals surface area (Å²) in [4.78, 5) is 63.9. The van der Waals surface area contributed by atoms with Crippen molar-refractivity contribution in [3.63, 3.8) is 0 Å². The average Bonchev–Trinajstić information content (AvgIpc) is 3.60. The number of nitrogens with zero attached hydrogens (tertiary/aromatic N) is 1. The van der Waals surface area contributed by atoms with Crippen LogP contribution in [-0.4, -0.2) is 42.9 Å². The predicted molar refractivity (Wildman–Crippen MR) is 137 cm³/mol. The van der Waals surface area contributed by atoms with Crippen LogP contribution in [0.15, 0.2) is 48.5 Å². The molecule has 1 heterocycles. The van der Waals surface area contributed by atoms with Gasteiger partial charge in [0, 0.05) is 5.69 Å². The third-order valence-electron chi connectivity index (χ3n) is 7.58. The van der Waals surface area contributed by atoms with Gasteiger partial charge in [0.15, 0.2) is 6.61 Å². The van der Waals surface area contributed by atoms with Crippen molar-refractivity contribution < 1.29 is 33.4 Å². The van der Waals surface area contributed by atoms with Crippen LogP contribution in [-0.2, 0) is 23.9 Å². The van der Waals surface area contributed by atoms with Crippen LogP contribution in [0.5, 0.6) is 0 Å². The van der Waals surface area contributed by atoms with Gasteiger partial charge in [-0.05, 0) is 85.5 Å². The first-order valence-electron chi connectivity index (χ1n) is 12.9. The van der Waals surface area contributed by atoms with E-state index in [2.05, 4.69) is 5.32 Å². The minimum absolute atomic E-state index is 0.139. The molecule has 2 saturated carbocycles. The maximum absolute atomic E-state index is 13.0. The molecule has 2 aromatic carbocycles. The zero-order valence-electron chi connectivity index (χ0n) is 21.3. The summed E-state index contributed by atoms with van der Waals surface area (Å²) in [5.74, 6) is -1.55. The highest BCUT2D eigenvalue weighted by Crippen LogP contribution is 2.56. The molecule has 3 aliphatic rings. The van der Waals surface area contributed by atoms with Crippen LogP contribution in [0.1, 0.15) is 53.8 Å². The van der Waals surface area contributed by atoms with Gasteiger partial charge in [-0.2, -0.15) is 0 Å². The molecule has 3 amide bonds. The summed E-state index contributed by atoms with van der Waals surface area (Å²) in [5, 5.41) is 2.60. The van der Waals surface area contributed by atoms with Crippen LogP contribution in [0.4, 0.5) is 11.4 Å². The number of rotatable bonds is 8. The van der Waals surface area contributed by atoms with E-state index >= 15 is 0 Å². The second-order valence-electron chi connectivity index (χ2n) is 10.6. The second kappa shape index (κ2) is 10.4. The number of esters is 2. The lowest BCUT2D eigenvalue weighted by Gasteiger charge is -2.19. The third-order valence-corrected chi connectivity index (χ3v) is 7.58. The molecule has 5 rings (SSSR count). The van der Waals surface area contributed by atoms with Gasteiger partial charge in [-0.25, -0.2) is 9.59 Å². The van der Waals surface area contributed by atoms with E-state index in [9.17, 15) is 24.0 Å². The van der Waals surface area contributed by atoms with Crippen molar-refractivity contribution in [3.05, 3.63) is 59.7 Å². The molecule has 1 N–H and O–H groups in total. The molecule has 0 radical (unpaired) electrons. The molecule has 9 heteroatoms. The Bertz CT molecular complexity index is 1240. The fourth-order valence-corrected chi connectivity index (χ4v) is 5.84. The van der Waals surface area contributed by atoms with Gasteiger partial charge in [0.25, 0.3) is 5.91 Å². The minimum atomic E-state index is -0.705. The normalized spacial score (nSPS) is 23.5. The molecule has 0 aromatic heterocycles. The largest absolute Gasteiger partial charge is 0.462 e. The van der Waals surface area contributed by atoms with E-state index in [1.165, 1.54) is 17.0 Å². The summed E-state index contributed by atoms with van der Waals surface area (Å²) in [5.41, 5.74) is 1.45. The van der Waals surface area contributed by atoms with Crippen molar-refractivity contribution in [3.8, 4) is 0 Å². The highest BCUT2D eigenvalue weighted by Gasteiger charge is 2.61. The number of carbonyl (C=O) groups excluding carboxylic acids is 5. The van der Waals surface area contributed by atoms with Gasteiger partial charge in [-0.3, -0.25) is 19.3 Å². The quantitative estimate of drug-likeness (QED) is 0.417. The number of hydrogen-bond acceptors (Lipinski definition) is 7. The van der Waals surface area contributed by atoms with Crippen LogP contribution < -0.4 is 10.2 Å². The number of carbonyl (C=O) groups is 5. The molecule has 198 valence electrons. The number of amides is 3. The van der Waals surface area contributed by atoms with Crippen molar-refractivity contribution in [2.45, 2.75) is 33.1 Å².